The third kappa shape index (κ3) is 4.45. The number of rotatable bonds is 5. The van der Waals surface area contributed by atoms with E-state index in [1.807, 2.05) is 61.5 Å². The van der Waals surface area contributed by atoms with E-state index in [0.717, 1.165) is 11.3 Å². The summed E-state index contributed by atoms with van der Waals surface area (Å²) in [4.78, 5) is 24.9. The molecule has 2 aromatic rings. The van der Waals surface area contributed by atoms with Gasteiger partial charge in [-0.3, -0.25) is 9.59 Å². The first-order chi connectivity index (χ1) is 10.6. The molecule has 0 aliphatic rings. The molecule has 0 atom stereocenters. The Labute approximate surface area is 130 Å². The molecule has 0 saturated carbocycles. The number of hydrogen-bond donors (Lipinski definition) is 0. The van der Waals surface area contributed by atoms with Gasteiger partial charge < -0.3 is 9.64 Å². The van der Waals surface area contributed by atoms with Gasteiger partial charge in [-0.15, -0.1) is 0 Å². The van der Waals surface area contributed by atoms with Crippen molar-refractivity contribution in [2.75, 3.05) is 11.5 Å². The minimum absolute atomic E-state index is 0.248. The number of ether oxygens (including phenoxy) is 1. The van der Waals surface area contributed by atoms with Crippen LogP contribution in [0.2, 0.25) is 0 Å². The number of amides is 1. The standard InChI is InChI=1S/C18H19NO3/c1-14-8-10-16(11-9-14)12-19(17-6-4-3-5-7-17)18(21)13-22-15(2)20/h3-11H,12-13H2,1-2H3. The van der Waals surface area contributed by atoms with Crippen LogP contribution in [0, 0.1) is 6.92 Å². The highest BCUT2D eigenvalue weighted by molar-refractivity contribution is 5.95. The van der Waals surface area contributed by atoms with Crippen molar-refractivity contribution in [2.45, 2.75) is 20.4 Å². The lowest BCUT2D eigenvalue weighted by atomic mass is 10.1. The molecule has 2 rings (SSSR count). The Bertz CT molecular complexity index is 635. The van der Waals surface area contributed by atoms with Crippen molar-refractivity contribution in [2.24, 2.45) is 0 Å². The van der Waals surface area contributed by atoms with Crippen LogP contribution in [-0.2, 0) is 20.9 Å². The number of benzene rings is 2. The predicted molar refractivity (Wildman–Crippen MR) is 85.4 cm³/mol. The molecule has 4 heteroatoms. The highest BCUT2D eigenvalue weighted by Gasteiger charge is 2.17. The highest BCUT2D eigenvalue weighted by atomic mass is 16.5. The van der Waals surface area contributed by atoms with Gasteiger partial charge in [0.05, 0.1) is 6.54 Å². The number of esters is 1. The van der Waals surface area contributed by atoms with Crippen LogP contribution in [0.15, 0.2) is 54.6 Å². The summed E-state index contributed by atoms with van der Waals surface area (Å²) < 4.78 is 4.83. The summed E-state index contributed by atoms with van der Waals surface area (Å²) in [5.74, 6) is -0.710. The highest BCUT2D eigenvalue weighted by Crippen LogP contribution is 2.17. The van der Waals surface area contributed by atoms with Gasteiger partial charge in [0.15, 0.2) is 6.61 Å². The van der Waals surface area contributed by atoms with Gasteiger partial charge in [-0.1, -0.05) is 48.0 Å². The van der Waals surface area contributed by atoms with Gasteiger partial charge in [-0.05, 0) is 24.6 Å². The molecule has 0 fully saturated rings. The van der Waals surface area contributed by atoms with Crippen LogP contribution >= 0.6 is 0 Å². The fourth-order valence-corrected chi connectivity index (χ4v) is 2.05. The van der Waals surface area contributed by atoms with Crippen molar-refractivity contribution in [1.82, 2.24) is 0 Å². The summed E-state index contributed by atoms with van der Waals surface area (Å²) in [6.45, 7) is 3.49. The number of aryl methyl sites for hydroxylation is 1. The maximum atomic E-state index is 12.4. The van der Waals surface area contributed by atoms with E-state index < -0.39 is 5.97 Å². The monoisotopic (exact) mass is 297 g/mol. The van der Waals surface area contributed by atoms with Gasteiger partial charge in [0.2, 0.25) is 0 Å². The van der Waals surface area contributed by atoms with Gasteiger partial charge >= 0.3 is 5.97 Å². The van der Waals surface area contributed by atoms with Gasteiger partial charge in [-0.2, -0.15) is 0 Å². The zero-order chi connectivity index (χ0) is 15.9. The number of carbonyl (C=O) groups excluding carboxylic acids is 2. The Kier molecular flexibility index (Phi) is 5.31. The second-order valence-electron chi connectivity index (χ2n) is 5.08. The molecule has 0 radical (unpaired) electrons. The van der Waals surface area contributed by atoms with Crippen LogP contribution in [0.25, 0.3) is 0 Å². The summed E-state index contributed by atoms with van der Waals surface area (Å²) in [5, 5.41) is 0. The predicted octanol–water partition coefficient (Wildman–Crippen LogP) is 3.09. The van der Waals surface area contributed by atoms with E-state index in [0.29, 0.717) is 6.54 Å². The van der Waals surface area contributed by atoms with Crippen molar-refractivity contribution in [3.05, 3.63) is 65.7 Å². The summed E-state index contributed by atoms with van der Waals surface area (Å²) in [6, 6.07) is 17.4. The number of para-hydroxylation sites is 1. The lowest BCUT2D eigenvalue weighted by Gasteiger charge is -2.23. The van der Waals surface area contributed by atoms with E-state index in [-0.39, 0.29) is 12.5 Å². The SMILES string of the molecule is CC(=O)OCC(=O)N(Cc1ccc(C)cc1)c1ccccc1. The minimum Gasteiger partial charge on any atom is -0.456 e. The fourth-order valence-electron chi connectivity index (χ4n) is 2.05. The minimum atomic E-state index is -0.461. The molecule has 0 aromatic heterocycles. The first-order valence-electron chi connectivity index (χ1n) is 7.10. The Morgan fingerprint density at radius 3 is 2.23 bits per heavy atom. The third-order valence-corrected chi connectivity index (χ3v) is 3.23. The molecule has 1 amide bonds. The maximum Gasteiger partial charge on any atom is 0.303 e. The molecule has 2 aromatic carbocycles. The van der Waals surface area contributed by atoms with Crippen molar-refractivity contribution in [3.63, 3.8) is 0 Å². The molecule has 0 saturated heterocycles. The molecule has 22 heavy (non-hydrogen) atoms. The van der Waals surface area contributed by atoms with Gasteiger partial charge in [-0.25, -0.2) is 0 Å². The molecule has 4 nitrogen and oxygen atoms in total. The van der Waals surface area contributed by atoms with Crippen LogP contribution in [-0.4, -0.2) is 18.5 Å². The molecule has 0 aliphatic heterocycles. The van der Waals surface area contributed by atoms with Crippen molar-refractivity contribution in [3.8, 4) is 0 Å². The molecule has 0 bridgehead atoms. The Morgan fingerprint density at radius 2 is 1.64 bits per heavy atom. The van der Waals surface area contributed by atoms with Crippen molar-refractivity contribution in [1.29, 1.82) is 0 Å². The molecule has 0 spiro atoms. The average molecular weight is 297 g/mol. The summed E-state index contributed by atoms with van der Waals surface area (Å²) in [5.41, 5.74) is 2.96. The lowest BCUT2D eigenvalue weighted by Crippen LogP contribution is -2.34. The zero-order valence-electron chi connectivity index (χ0n) is 12.8. The van der Waals surface area contributed by atoms with Crippen LogP contribution in [0.1, 0.15) is 18.1 Å². The van der Waals surface area contributed by atoms with E-state index in [1.54, 1.807) is 4.90 Å². The second kappa shape index (κ2) is 7.41. The zero-order valence-corrected chi connectivity index (χ0v) is 12.8. The molecular weight excluding hydrogens is 278 g/mol. The number of hydrogen-bond acceptors (Lipinski definition) is 3. The Morgan fingerprint density at radius 1 is 1.00 bits per heavy atom. The average Bonchev–Trinajstić information content (AvgIpc) is 2.53. The smallest absolute Gasteiger partial charge is 0.303 e. The van der Waals surface area contributed by atoms with E-state index in [2.05, 4.69) is 0 Å². The van der Waals surface area contributed by atoms with Crippen LogP contribution < -0.4 is 4.90 Å². The number of carbonyl (C=O) groups is 2. The van der Waals surface area contributed by atoms with E-state index >= 15 is 0 Å². The van der Waals surface area contributed by atoms with E-state index in [9.17, 15) is 9.59 Å². The summed E-state index contributed by atoms with van der Waals surface area (Å²) in [7, 11) is 0. The number of nitrogens with zero attached hydrogens (tertiary/aromatic N) is 1. The van der Waals surface area contributed by atoms with Gasteiger partial charge in [0, 0.05) is 12.6 Å². The summed E-state index contributed by atoms with van der Waals surface area (Å²) in [6.07, 6.45) is 0. The number of anilines is 1. The fraction of sp³-hybridized carbons (Fsp3) is 0.222. The molecule has 114 valence electrons. The largest absolute Gasteiger partial charge is 0.456 e. The molecular formula is C18H19NO3. The first-order valence-corrected chi connectivity index (χ1v) is 7.10. The molecule has 0 heterocycles. The van der Waals surface area contributed by atoms with E-state index in [1.165, 1.54) is 12.5 Å². The van der Waals surface area contributed by atoms with Crippen molar-refractivity contribution >= 4 is 17.6 Å². The van der Waals surface area contributed by atoms with Crippen LogP contribution in [0.3, 0.4) is 0 Å². The Balaban J connectivity index is 2.19. The molecule has 0 aliphatic carbocycles. The Hall–Kier alpha value is -2.62. The topological polar surface area (TPSA) is 46.6 Å². The summed E-state index contributed by atoms with van der Waals surface area (Å²) >= 11 is 0. The van der Waals surface area contributed by atoms with Crippen LogP contribution in [0.4, 0.5) is 5.69 Å². The molecule has 0 N–H and O–H groups in total. The normalized spacial score (nSPS) is 10.1. The first kappa shape index (κ1) is 15.8. The quantitative estimate of drug-likeness (QED) is 0.797. The third-order valence-electron chi connectivity index (χ3n) is 3.23. The van der Waals surface area contributed by atoms with Crippen molar-refractivity contribution < 1.29 is 14.3 Å². The van der Waals surface area contributed by atoms with E-state index in [4.69, 9.17) is 4.74 Å². The molecule has 0 unspecified atom stereocenters. The maximum absolute atomic E-state index is 12.4. The lowest BCUT2D eigenvalue weighted by molar-refractivity contribution is -0.145. The van der Waals surface area contributed by atoms with Crippen LogP contribution in [0.5, 0.6) is 0 Å². The van der Waals surface area contributed by atoms with Gasteiger partial charge in [0.1, 0.15) is 0 Å². The second-order valence-corrected chi connectivity index (χ2v) is 5.08. The van der Waals surface area contributed by atoms with Gasteiger partial charge in [0.25, 0.3) is 5.91 Å².